The zero-order chi connectivity index (χ0) is 14.7. The molecule has 0 radical (unpaired) electrons. The fourth-order valence-electron chi connectivity index (χ4n) is 1.17. The van der Waals surface area contributed by atoms with Gasteiger partial charge in [-0.15, -0.1) is 0 Å². The van der Waals surface area contributed by atoms with Gasteiger partial charge < -0.3 is 4.74 Å². The van der Waals surface area contributed by atoms with Crippen molar-refractivity contribution in [2.45, 2.75) is 4.90 Å². The van der Waals surface area contributed by atoms with Crippen molar-refractivity contribution >= 4 is 31.7 Å². The van der Waals surface area contributed by atoms with Crippen LogP contribution in [-0.2, 0) is 29.6 Å². The number of carbonyl (C=O) groups is 1. The summed E-state index contributed by atoms with van der Waals surface area (Å²) < 4.78 is 51.6. The number of carbonyl (C=O) groups excluding carboxylic acids is 1. The van der Waals surface area contributed by atoms with Crippen molar-refractivity contribution in [3.05, 3.63) is 24.3 Å². The quantitative estimate of drug-likeness (QED) is 0.688. The smallest absolute Gasteiger partial charge is 0.322 e. The molecule has 0 saturated carbocycles. The first-order valence-electron chi connectivity index (χ1n) is 4.84. The number of sulfonamides is 2. The summed E-state index contributed by atoms with van der Waals surface area (Å²) in [6, 6.07) is 4.90. The topological polar surface area (TPSA) is 133 Å². The Morgan fingerprint density at radius 2 is 1.95 bits per heavy atom. The van der Waals surface area contributed by atoms with E-state index in [1.165, 1.54) is 18.2 Å². The van der Waals surface area contributed by atoms with E-state index >= 15 is 0 Å². The van der Waals surface area contributed by atoms with E-state index in [4.69, 9.17) is 5.14 Å². The molecular weight excluding hydrogens is 296 g/mol. The van der Waals surface area contributed by atoms with Crippen molar-refractivity contribution in [2.24, 2.45) is 5.14 Å². The number of anilines is 1. The number of nitrogens with one attached hydrogen (secondary N) is 1. The molecule has 1 aromatic carbocycles. The lowest BCUT2D eigenvalue weighted by Gasteiger charge is -2.08. The average molecular weight is 308 g/mol. The van der Waals surface area contributed by atoms with Crippen LogP contribution in [0.3, 0.4) is 0 Å². The monoisotopic (exact) mass is 308 g/mol. The van der Waals surface area contributed by atoms with Gasteiger partial charge in [0.2, 0.25) is 20.0 Å². The second-order valence-corrected chi connectivity index (χ2v) is 6.79. The highest BCUT2D eigenvalue weighted by Crippen LogP contribution is 2.15. The van der Waals surface area contributed by atoms with Crippen LogP contribution < -0.4 is 9.86 Å². The lowest BCUT2D eigenvalue weighted by molar-refractivity contribution is -0.137. The predicted octanol–water partition coefficient (Wildman–Crippen LogP) is -0.751. The van der Waals surface area contributed by atoms with Gasteiger partial charge in [0, 0.05) is 5.69 Å². The number of ether oxygens (including phenoxy) is 1. The Labute approximate surface area is 110 Å². The summed E-state index contributed by atoms with van der Waals surface area (Å²) >= 11 is 0. The van der Waals surface area contributed by atoms with Gasteiger partial charge in [0.1, 0.15) is 0 Å². The average Bonchev–Trinajstić information content (AvgIpc) is 2.26. The summed E-state index contributed by atoms with van der Waals surface area (Å²) in [6.45, 7) is 0. The fourth-order valence-corrected chi connectivity index (χ4v) is 2.71. The van der Waals surface area contributed by atoms with Gasteiger partial charge in [-0.2, -0.15) is 0 Å². The largest absolute Gasteiger partial charge is 0.468 e. The van der Waals surface area contributed by atoms with Crippen molar-refractivity contribution in [3.8, 4) is 0 Å². The van der Waals surface area contributed by atoms with Gasteiger partial charge in [-0.05, 0) is 18.2 Å². The Morgan fingerprint density at radius 1 is 1.32 bits per heavy atom. The maximum Gasteiger partial charge on any atom is 0.322 e. The standard InChI is InChI=1S/C9H12N2O6S2/c1-17-9(12)6-18(13,14)11-7-3-2-4-8(5-7)19(10,15)16/h2-5,11H,6H2,1H3,(H2,10,15,16). The number of rotatable bonds is 5. The first-order chi connectivity index (χ1) is 8.64. The highest BCUT2D eigenvalue weighted by Gasteiger charge is 2.17. The minimum Gasteiger partial charge on any atom is -0.468 e. The predicted molar refractivity (Wildman–Crippen MR) is 67.2 cm³/mol. The number of methoxy groups -OCH3 is 1. The fraction of sp³-hybridized carbons (Fsp3) is 0.222. The van der Waals surface area contributed by atoms with Gasteiger partial charge in [-0.25, -0.2) is 22.0 Å². The second-order valence-electron chi connectivity index (χ2n) is 3.51. The minimum absolute atomic E-state index is 0.0181. The normalized spacial score (nSPS) is 11.9. The summed E-state index contributed by atoms with van der Waals surface area (Å²) in [7, 11) is -6.85. The van der Waals surface area contributed by atoms with Crippen LogP contribution in [0.1, 0.15) is 0 Å². The summed E-state index contributed by atoms with van der Waals surface area (Å²) in [4.78, 5) is 10.6. The third-order valence-corrected chi connectivity index (χ3v) is 4.04. The van der Waals surface area contributed by atoms with Crippen molar-refractivity contribution in [1.29, 1.82) is 0 Å². The highest BCUT2D eigenvalue weighted by atomic mass is 32.2. The number of esters is 1. The Hall–Kier alpha value is -1.65. The number of hydrogen-bond acceptors (Lipinski definition) is 6. The van der Waals surface area contributed by atoms with E-state index in [-0.39, 0.29) is 10.6 Å². The van der Waals surface area contributed by atoms with Crippen LogP contribution in [0.15, 0.2) is 29.2 Å². The Kier molecular flexibility index (Phi) is 4.50. The van der Waals surface area contributed by atoms with Crippen molar-refractivity contribution < 1.29 is 26.4 Å². The summed E-state index contributed by atoms with van der Waals surface area (Å²) in [5, 5.41) is 4.91. The SMILES string of the molecule is COC(=O)CS(=O)(=O)Nc1cccc(S(N)(=O)=O)c1. The molecule has 0 bridgehead atoms. The molecule has 0 fully saturated rings. The van der Waals surface area contributed by atoms with E-state index in [1.54, 1.807) is 0 Å². The maximum atomic E-state index is 11.5. The molecule has 106 valence electrons. The zero-order valence-corrected chi connectivity index (χ0v) is 11.5. The van der Waals surface area contributed by atoms with Gasteiger partial charge >= 0.3 is 5.97 Å². The zero-order valence-electron chi connectivity index (χ0n) is 9.86. The molecular formula is C9H12N2O6S2. The van der Waals surface area contributed by atoms with Gasteiger partial charge in [-0.1, -0.05) is 6.07 Å². The van der Waals surface area contributed by atoms with Gasteiger partial charge in [0.15, 0.2) is 5.75 Å². The lowest BCUT2D eigenvalue weighted by Crippen LogP contribution is -2.23. The van der Waals surface area contributed by atoms with Crippen LogP contribution in [0, 0.1) is 0 Å². The minimum atomic E-state index is -3.97. The maximum absolute atomic E-state index is 11.5. The van der Waals surface area contributed by atoms with Gasteiger partial charge in [-0.3, -0.25) is 9.52 Å². The molecule has 0 unspecified atom stereocenters. The van der Waals surface area contributed by atoms with Crippen LogP contribution in [0.25, 0.3) is 0 Å². The van der Waals surface area contributed by atoms with E-state index in [9.17, 15) is 21.6 Å². The molecule has 0 aliphatic carbocycles. The van der Waals surface area contributed by atoms with Crippen molar-refractivity contribution in [3.63, 3.8) is 0 Å². The Bertz CT molecular complexity index is 680. The molecule has 3 N–H and O–H groups in total. The van der Waals surface area contributed by atoms with Crippen molar-refractivity contribution in [2.75, 3.05) is 17.6 Å². The molecule has 0 amide bonds. The molecule has 10 heteroatoms. The molecule has 0 aliphatic heterocycles. The molecule has 0 aliphatic rings. The van der Waals surface area contributed by atoms with Crippen LogP contribution in [0.5, 0.6) is 0 Å². The van der Waals surface area contributed by atoms with Gasteiger partial charge in [0.25, 0.3) is 0 Å². The van der Waals surface area contributed by atoms with Crippen LogP contribution in [0.4, 0.5) is 5.69 Å². The van der Waals surface area contributed by atoms with E-state index in [0.717, 1.165) is 13.2 Å². The lowest BCUT2D eigenvalue weighted by atomic mass is 10.3. The van der Waals surface area contributed by atoms with Crippen LogP contribution in [-0.4, -0.2) is 35.7 Å². The van der Waals surface area contributed by atoms with E-state index in [1.807, 2.05) is 4.72 Å². The highest BCUT2D eigenvalue weighted by molar-refractivity contribution is 7.93. The van der Waals surface area contributed by atoms with Crippen LogP contribution in [0.2, 0.25) is 0 Å². The molecule has 1 rings (SSSR count). The molecule has 0 heterocycles. The van der Waals surface area contributed by atoms with Gasteiger partial charge in [0.05, 0.1) is 12.0 Å². The second kappa shape index (κ2) is 5.55. The third-order valence-electron chi connectivity index (χ3n) is 1.97. The first-order valence-corrected chi connectivity index (χ1v) is 8.04. The number of benzene rings is 1. The molecule has 0 spiro atoms. The number of primary sulfonamides is 1. The molecule has 8 nitrogen and oxygen atoms in total. The summed E-state index contributed by atoms with van der Waals surface area (Å²) in [6.07, 6.45) is 0. The summed E-state index contributed by atoms with van der Waals surface area (Å²) in [5.74, 6) is -1.81. The Morgan fingerprint density at radius 3 is 2.47 bits per heavy atom. The molecule has 0 saturated heterocycles. The third kappa shape index (κ3) is 4.85. The number of nitrogens with two attached hydrogens (primary N) is 1. The Balaban J connectivity index is 2.98. The molecule has 0 aromatic heterocycles. The molecule has 0 atom stereocenters. The van der Waals surface area contributed by atoms with E-state index in [2.05, 4.69) is 4.74 Å². The van der Waals surface area contributed by atoms with Crippen LogP contribution >= 0.6 is 0 Å². The summed E-state index contributed by atoms with van der Waals surface area (Å²) in [5.41, 5.74) is -0.0181. The van der Waals surface area contributed by atoms with E-state index in [0.29, 0.717) is 0 Å². The molecule has 1 aromatic rings. The van der Waals surface area contributed by atoms with E-state index < -0.39 is 31.8 Å². The number of hydrogen-bond donors (Lipinski definition) is 2. The van der Waals surface area contributed by atoms with Crippen molar-refractivity contribution in [1.82, 2.24) is 0 Å². The first kappa shape index (κ1) is 15.4. The molecule has 19 heavy (non-hydrogen) atoms.